The van der Waals surface area contributed by atoms with Crippen LogP contribution in [0.25, 0.3) is 0 Å². The lowest BCUT2D eigenvalue weighted by Crippen LogP contribution is -2.48. The van der Waals surface area contributed by atoms with Crippen molar-refractivity contribution in [2.45, 2.75) is 111 Å². The molecule has 1 amide bonds. The molecule has 0 radical (unpaired) electrons. The molecule has 2 aromatic rings. The van der Waals surface area contributed by atoms with Gasteiger partial charge in [-0.2, -0.15) is 0 Å². The molecule has 0 bridgehead atoms. The Balaban J connectivity index is 2.24. The molecule has 0 unspecified atom stereocenters. The number of carboxylic acids is 1. The number of nitrogens with zero attached hydrogens (tertiary/aromatic N) is 1. The van der Waals surface area contributed by atoms with Crippen molar-refractivity contribution in [2.75, 3.05) is 7.11 Å². The van der Waals surface area contributed by atoms with E-state index in [1.165, 1.54) is 10.5 Å². The zero-order valence-electron chi connectivity index (χ0n) is 26.7. The van der Waals surface area contributed by atoms with Crippen LogP contribution in [0.3, 0.4) is 0 Å². The molecule has 41 heavy (non-hydrogen) atoms. The van der Waals surface area contributed by atoms with E-state index in [-0.39, 0.29) is 23.5 Å². The average Bonchev–Trinajstić information content (AvgIpc) is 3.22. The second-order valence-corrected chi connectivity index (χ2v) is 13.9. The first-order valence-corrected chi connectivity index (χ1v) is 14.7. The lowest BCUT2D eigenvalue weighted by molar-refractivity contribution is -0.144. The topological polar surface area (TPSA) is 88.1 Å². The Morgan fingerprint density at radius 3 is 2.15 bits per heavy atom. The summed E-state index contributed by atoms with van der Waals surface area (Å²) in [5.74, 6) is -0.507. The Morgan fingerprint density at radius 2 is 1.63 bits per heavy atom. The molecule has 1 heterocycles. The van der Waals surface area contributed by atoms with Crippen molar-refractivity contribution in [2.24, 2.45) is 11.3 Å². The zero-order valence-corrected chi connectivity index (χ0v) is 26.7. The highest BCUT2D eigenvalue weighted by molar-refractivity contribution is 5.82. The van der Waals surface area contributed by atoms with Crippen molar-refractivity contribution in [3.63, 3.8) is 0 Å². The third kappa shape index (κ3) is 7.06. The molecule has 1 saturated heterocycles. The smallest absolute Gasteiger partial charge is 0.411 e. The average molecular weight is 567 g/mol. The summed E-state index contributed by atoms with van der Waals surface area (Å²) in [6.07, 6.45) is -0.996. The van der Waals surface area contributed by atoms with Crippen molar-refractivity contribution in [1.82, 2.24) is 10.2 Å². The van der Waals surface area contributed by atoms with Gasteiger partial charge in [0.2, 0.25) is 0 Å². The third-order valence-corrected chi connectivity index (χ3v) is 8.08. The molecule has 4 atom stereocenters. The van der Waals surface area contributed by atoms with Crippen LogP contribution in [-0.2, 0) is 21.5 Å². The minimum Gasteiger partial charge on any atom is -0.496 e. The fourth-order valence-electron chi connectivity index (χ4n) is 6.19. The van der Waals surface area contributed by atoms with E-state index in [9.17, 15) is 14.7 Å². The molecular formula is C34H50N2O5. The summed E-state index contributed by atoms with van der Waals surface area (Å²) in [5.41, 5.74) is 3.69. The zero-order chi connectivity index (χ0) is 30.9. The second-order valence-electron chi connectivity index (χ2n) is 13.9. The number of amides is 1. The lowest BCUT2D eigenvalue weighted by atomic mass is 9.72. The quantitative estimate of drug-likeness (QED) is 0.349. The number of ether oxygens (including phenoxy) is 2. The summed E-state index contributed by atoms with van der Waals surface area (Å²) in [6, 6.07) is 12.3. The molecule has 0 aliphatic carbocycles. The predicted molar refractivity (Wildman–Crippen MR) is 163 cm³/mol. The van der Waals surface area contributed by atoms with E-state index in [0.717, 1.165) is 22.4 Å². The van der Waals surface area contributed by atoms with Crippen LogP contribution in [0, 0.1) is 11.3 Å². The molecule has 2 aromatic carbocycles. The minimum absolute atomic E-state index is 0.0487. The molecule has 0 saturated carbocycles. The third-order valence-electron chi connectivity index (χ3n) is 8.08. The monoisotopic (exact) mass is 566 g/mol. The number of likely N-dealkylation sites (tertiary alicyclic amines) is 1. The molecule has 7 heteroatoms. The van der Waals surface area contributed by atoms with E-state index in [1.807, 2.05) is 45.0 Å². The van der Waals surface area contributed by atoms with Gasteiger partial charge in [0.1, 0.15) is 11.8 Å². The summed E-state index contributed by atoms with van der Waals surface area (Å²) in [4.78, 5) is 28.3. The van der Waals surface area contributed by atoms with Crippen molar-refractivity contribution >= 4 is 12.1 Å². The Kier molecular flexibility index (Phi) is 9.84. The van der Waals surface area contributed by atoms with E-state index in [4.69, 9.17) is 9.47 Å². The first-order chi connectivity index (χ1) is 19.0. The number of aliphatic carboxylic acids is 1. The first kappa shape index (κ1) is 32.5. The van der Waals surface area contributed by atoms with Gasteiger partial charge in [-0.3, -0.25) is 4.90 Å². The predicted octanol–water partition coefficient (Wildman–Crippen LogP) is 7.29. The molecule has 0 aromatic heterocycles. The number of hydrogen-bond donors (Lipinski definition) is 2. The molecular weight excluding hydrogens is 516 g/mol. The van der Waals surface area contributed by atoms with Crippen molar-refractivity contribution < 1.29 is 24.2 Å². The van der Waals surface area contributed by atoms with Crippen LogP contribution in [-0.4, -0.2) is 47.4 Å². The number of carbonyl (C=O) groups excluding carboxylic acids is 1. The lowest BCUT2D eigenvalue weighted by Gasteiger charge is -2.35. The van der Waals surface area contributed by atoms with Crippen molar-refractivity contribution in [3.05, 3.63) is 64.7 Å². The summed E-state index contributed by atoms with van der Waals surface area (Å²) < 4.78 is 11.4. The van der Waals surface area contributed by atoms with Gasteiger partial charge in [-0.1, -0.05) is 91.8 Å². The van der Waals surface area contributed by atoms with Crippen LogP contribution >= 0.6 is 0 Å². The fourth-order valence-corrected chi connectivity index (χ4v) is 6.19. The number of methoxy groups -OCH3 is 1. The summed E-state index contributed by atoms with van der Waals surface area (Å²) in [5, 5.41) is 14.4. The van der Waals surface area contributed by atoms with Gasteiger partial charge in [0.25, 0.3) is 0 Å². The molecule has 0 spiro atoms. The van der Waals surface area contributed by atoms with E-state index < -0.39 is 35.5 Å². The van der Waals surface area contributed by atoms with Gasteiger partial charge in [-0.15, -0.1) is 0 Å². The maximum absolute atomic E-state index is 13.8. The van der Waals surface area contributed by atoms with Gasteiger partial charge in [0, 0.05) is 24.1 Å². The number of benzene rings is 2. The molecule has 7 nitrogen and oxygen atoms in total. The maximum atomic E-state index is 13.8. The van der Waals surface area contributed by atoms with Crippen LogP contribution < -0.4 is 10.1 Å². The van der Waals surface area contributed by atoms with Crippen molar-refractivity contribution in [3.8, 4) is 5.75 Å². The van der Waals surface area contributed by atoms with Gasteiger partial charge in [-0.25, -0.2) is 9.59 Å². The molecule has 1 aliphatic heterocycles. The van der Waals surface area contributed by atoms with Gasteiger partial charge in [0.15, 0.2) is 0 Å². The van der Waals surface area contributed by atoms with Gasteiger partial charge in [-0.05, 0) is 53.4 Å². The first-order valence-electron chi connectivity index (χ1n) is 14.7. The molecule has 3 rings (SSSR count). The normalized spacial score (nSPS) is 21.4. The number of nitrogens with one attached hydrogen (secondary N) is 1. The van der Waals surface area contributed by atoms with Crippen LogP contribution in [0.4, 0.5) is 4.79 Å². The molecule has 1 aliphatic rings. The summed E-state index contributed by atoms with van der Waals surface area (Å²) in [7, 11) is 1.66. The van der Waals surface area contributed by atoms with Crippen LogP contribution in [0.2, 0.25) is 0 Å². The van der Waals surface area contributed by atoms with Crippen LogP contribution in [0.15, 0.2) is 42.5 Å². The molecule has 2 N–H and O–H groups in total. The number of carboxylic acid groups (broad SMARTS) is 1. The highest BCUT2D eigenvalue weighted by atomic mass is 16.6. The molecule has 1 fully saturated rings. The van der Waals surface area contributed by atoms with Gasteiger partial charge < -0.3 is 19.9 Å². The summed E-state index contributed by atoms with van der Waals surface area (Å²) in [6.45, 7) is 20.9. The summed E-state index contributed by atoms with van der Waals surface area (Å²) >= 11 is 0. The number of carbonyl (C=O) groups is 2. The van der Waals surface area contributed by atoms with E-state index in [1.54, 1.807) is 21.0 Å². The van der Waals surface area contributed by atoms with E-state index in [2.05, 4.69) is 58.1 Å². The van der Waals surface area contributed by atoms with E-state index in [0.29, 0.717) is 6.54 Å². The highest BCUT2D eigenvalue weighted by Gasteiger charge is 2.59. The fraction of sp³-hybridized carbons (Fsp3) is 0.588. The Morgan fingerprint density at radius 1 is 1.00 bits per heavy atom. The number of hydrogen-bond acceptors (Lipinski definition) is 5. The Labute approximate surface area is 246 Å². The van der Waals surface area contributed by atoms with Gasteiger partial charge >= 0.3 is 12.1 Å². The van der Waals surface area contributed by atoms with E-state index >= 15 is 0 Å². The van der Waals surface area contributed by atoms with Gasteiger partial charge in [0.05, 0.1) is 19.3 Å². The van der Waals surface area contributed by atoms with Crippen LogP contribution in [0.5, 0.6) is 5.75 Å². The second kappa shape index (κ2) is 12.4. The Bertz CT molecular complexity index is 1220. The largest absolute Gasteiger partial charge is 0.496 e. The maximum Gasteiger partial charge on any atom is 0.411 e. The minimum atomic E-state index is -1.08. The number of rotatable bonds is 8. The standard InChI is InChI=1S/C34H50N2O5/c1-20(2)24-14-12-13-15-25(24)29-28(35-19-22-18-23(33(5,6)7)16-17-26(22)40-11)27(34(8,9)10)30(31(37)38)36(29)32(39)41-21(3)4/h12-18,20-21,27-30,35H,19H2,1-11H3,(H,37,38)/t27-,28-,29-,30-/m0/s1. The molecule has 226 valence electrons. The SMILES string of the molecule is COc1ccc(C(C)(C)C)cc1CN[C@H]1[C@H](C(C)(C)C)[C@@H](C(=O)O)N(C(=O)OC(C)C)[C@H]1c1ccccc1C(C)C. The van der Waals surface area contributed by atoms with Crippen molar-refractivity contribution in [1.29, 1.82) is 0 Å². The Hall–Kier alpha value is -3.06. The van der Waals surface area contributed by atoms with Crippen LogP contribution in [0.1, 0.15) is 103 Å². The highest BCUT2D eigenvalue weighted by Crippen LogP contribution is 2.49.